The molecular weight excluding hydrogens is 677 g/mol. The van der Waals surface area contributed by atoms with Crippen molar-refractivity contribution in [3.63, 3.8) is 0 Å². The number of thioether (sulfide) groups is 1. The minimum absolute atomic E-state index is 0.0109. The summed E-state index contributed by atoms with van der Waals surface area (Å²) in [6.45, 7) is 9.26. The summed E-state index contributed by atoms with van der Waals surface area (Å²) in [5.41, 5.74) is 13.6. The smallest absolute Gasteiger partial charge is 0.326 e. The highest BCUT2D eigenvalue weighted by Gasteiger charge is 2.25. The summed E-state index contributed by atoms with van der Waals surface area (Å²) >= 11 is 1.80. The number of ether oxygens (including phenoxy) is 1. The maximum atomic E-state index is 12.9. The molecular formula is C33H46N12O5S. The summed E-state index contributed by atoms with van der Waals surface area (Å²) in [6, 6.07) is 5.18. The Morgan fingerprint density at radius 1 is 1.02 bits per heavy atom. The average Bonchev–Trinajstić information content (AvgIpc) is 3.57. The maximum absolute atomic E-state index is 12.9. The van der Waals surface area contributed by atoms with Crippen molar-refractivity contribution < 1.29 is 24.2 Å². The van der Waals surface area contributed by atoms with Crippen LogP contribution in [-0.2, 0) is 33.0 Å². The number of hydrogen-bond acceptors (Lipinski definition) is 14. The fourth-order valence-electron chi connectivity index (χ4n) is 4.84. The van der Waals surface area contributed by atoms with Crippen LogP contribution in [0.5, 0.6) is 0 Å². The summed E-state index contributed by atoms with van der Waals surface area (Å²) in [7, 11) is 0. The number of fused-ring (bicyclic) bond motifs is 1. The van der Waals surface area contributed by atoms with Gasteiger partial charge in [0.2, 0.25) is 11.9 Å². The molecule has 0 saturated carbocycles. The van der Waals surface area contributed by atoms with Gasteiger partial charge in [0.25, 0.3) is 5.91 Å². The SMILES string of the molecule is CSCCC(C)(C)OCCC(C)(C)n1cc(CNC(=O)CCC(NC(=O)c2ccc(NCc3cnc4nc(N)nc(N)c4n3)cc2)C(=O)O)nn1. The van der Waals surface area contributed by atoms with E-state index in [0.717, 1.165) is 18.6 Å². The molecule has 51 heavy (non-hydrogen) atoms. The molecule has 18 heteroatoms. The van der Waals surface area contributed by atoms with E-state index < -0.39 is 17.9 Å². The van der Waals surface area contributed by atoms with Crippen LogP contribution >= 0.6 is 11.8 Å². The van der Waals surface area contributed by atoms with Crippen LogP contribution in [0.4, 0.5) is 17.5 Å². The first kappa shape index (κ1) is 38.7. The lowest BCUT2D eigenvalue weighted by atomic mass is 10.0. The monoisotopic (exact) mass is 722 g/mol. The van der Waals surface area contributed by atoms with Crippen LogP contribution in [0.15, 0.2) is 36.7 Å². The van der Waals surface area contributed by atoms with E-state index in [1.165, 1.54) is 6.20 Å². The van der Waals surface area contributed by atoms with Crippen molar-refractivity contribution in [2.24, 2.45) is 0 Å². The van der Waals surface area contributed by atoms with Crippen LogP contribution in [0, 0.1) is 0 Å². The summed E-state index contributed by atoms with van der Waals surface area (Å²) in [6.07, 6.45) is 6.86. The number of carbonyl (C=O) groups excluding carboxylic acids is 2. The third-order valence-electron chi connectivity index (χ3n) is 8.13. The number of aliphatic carboxylic acids is 1. The fourth-order valence-corrected chi connectivity index (χ4v) is 5.53. The van der Waals surface area contributed by atoms with Gasteiger partial charge in [-0.2, -0.15) is 21.7 Å². The van der Waals surface area contributed by atoms with E-state index in [1.807, 2.05) is 13.8 Å². The number of nitrogens with two attached hydrogens (primary N) is 2. The third-order valence-corrected chi connectivity index (χ3v) is 8.74. The molecule has 1 atom stereocenters. The van der Waals surface area contributed by atoms with E-state index in [4.69, 9.17) is 16.2 Å². The molecule has 0 radical (unpaired) electrons. The molecule has 0 aliphatic rings. The highest BCUT2D eigenvalue weighted by atomic mass is 32.2. The number of carboxylic acid groups (broad SMARTS) is 1. The molecule has 0 aliphatic carbocycles. The first-order valence-electron chi connectivity index (χ1n) is 16.4. The Bertz CT molecular complexity index is 1820. The molecule has 0 saturated heterocycles. The number of amides is 2. The Labute approximate surface area is 300 Å². The van der Waals surface area contributed by atoms with Gasteiger partial charge in [0.1, 0.15) is 11.7 Å². The number of hydrogen-bond donors (Lipinski definition) is 6. The topological polar surface area (TPSA) is 251 Å². The number of benzene rings is 1. The fraction of sp³-hybridized carbons (Fsp3) is 0.485. The highest BCUT2D eigenvalue weighted by molar-refractivity contribution is 7.98. The minimum Gasteiger partial charge on any atom is -0.480 e. The van der Waals surface area contributed by atoms with Gasteiger partial charge in [-0.05, 0) is 83.2 Å². The van der Waals surface area contributed by atoms with Gasteiger partial charge in [-0.1, -0.05) is 5.21 Å². The first-order chi connectivity index (χ1) is 24.2. The van der Waals surface area contributed by atoms with Gasteiger partial charge in [0.15, 0.2) is 17.0 Å². The first-order valence-corrected chi connectivity index (χ1v) is 17.8. The molecule has 3 aromatic heterocycles. The van der Waals surface area contributed by atoms with Gasteiger partial charge in [-0.15, -0.1) is 5.10 Å². The highest BCUT2D eigenvalue weighted by Crippen LogP contribution is 2.23. The van der Waals surface area contributed by atoms with Gasteiger partial charge in [0, 0.05) is 24.3 Å². The zero-order valence-corrected chi connectivity index (χ0v) is 30.3. The number of nitrogens with one attached hydrogen (secondary N) is 3. The molecule has 1 aromatic carbocycles. The Balaban J connectivity index is 1.21. The van der Waals surface area contributed by atoms with Gasteiger partial charge < -0.3 is 37.3 Å². The van der Waals surface area contributed by atoms with Gasteiger partial charge in [-0.3, -0.25) is 9.59 Å². The van der Waals surface area contributed by atoms with E-state index in [0.29, 0.717) is 41.4 Å². The van der Waals surface area contributed by atoms with Crippen molar-refractivity contribution in [2.75, 3.05) is 35.4 Å². The Morgan fingerprint density at radius 3 is 2.47 bits per heavy atom. The molecule has 4 rings (SSSR count). The predicted molar refractivity (Wildman–Crippen MR) is 195 cm³/mol. The van der Waals surface area contributed by atoms with Crippen LogP contribution < -0.4 is 27.4 Å². The lowest BCUT2D eigenvalue weighted by Crippen LogP contribution is -2.41. The van der Waals surface area contributed by atoms with Crippen molar-refractivity contribution in [1.29, 1.82) is 0 Å². The van der Waals surface area contributed by atoms with Crippen LogP contribution in [0.1, 0.15) is 75.1 Å². The normalized spacial score (nSPS) is 12.4. The van der Waals surface area contributed by atoms with Gasteiger partial charge >= 0.3 is 5.97 Å². The molecule has 274 valence electrons. The van der Waals surface area contributed by atoms with E-state index in [-0.39, 0.29) is 53.8 Å². The molecule has 0 bridgehead atoms. The quantitative estimate of drug-likeness (QED) is 0.0814. The molecule has 17 nitrogen and oxygen atoms in total. The Hall–Kier alpha value is -5.10. The number of carboxylic acids is 1. The van der Waals surface area contributed by atoms with E-state index >= 15 is 0 Å². The van der Waals surface area contributed by atoms with Crippen LogP contribution in [0.25, 0.3) is 11.2 Å². The Morgan fingerprint density at radius 2 is 1.76 bits per heavy atom. The van der Waals surface area contributed by atoms with Gasteiger partial charge in [0.05, 0.1) is 42.3 Å². The van der Waals surface area contributed by atoms with Crippen molar-refractivity contribution in [1.82, 2.24) is 45.6 Å². The average molecular weight is 723 g/mol. The third kappa shape index (κ3) is 11.5. The second kappa shape index (κ2) is 17.2. The molecule has 0 spiro atoms. The molecule has 1 unspecified atom stereocenters. The van der Waals surface area contributed by atoms with Crippen LogP contribution in [0.2, 0.25) is 0 Å². The number of aromatic nitrogens is 7. The number of anilines is 3. The lowest BCUT2D eigenvalue weighted by Gasteiger charge is -2.29. The van der Waals surface area contributed by atoms with Gasteiger partial charge in [-0.25, -0.2) is 19.4 Å². The molecule has 0 aliphatic heterocycles. The van der Waals surface area contributed by atoms with Crippen molar-refractivity contribution in [2.45, 2.75) is 83.6 Å². The van der Waals surface area contributed by atoms with Crippen molar-refractivity contribution >= 4 is 58.2 Å². The second-order valence-electron chi connectivity index (χ2n) is 13.2. The number of nitrogen functional groups attached to an aromatic ring is 2. The number of nitrogens with zero attached hydrogens (tertiary/aromatic N) is 7. The molecule has 2 amide bonds. The molecule has 3 heterocycles. The Kier molecular flexibility index (Phi) is 13.1. The van der Waals surface area contributed by atoms with E-state index in [1.54, 1.807) is 46.9 Å². The number of carbonyl (C=O) groups is 3. The summed E-state index contributed by atoms with van der Waals surface area (Å²) in [5, 5.41) is 26.5. The largest absolute Gasteiger partial charge is 0.480 e. The lowest BCUT2D eigenvalue weighted by molar-refractivity contribution is -0.139. The summed E-state index contributed by atoms with van der Waals surface area (Å²) in [5.74, 6) is -1.04. The molecule has 0 fully saturated rings. The minimum atomic E-state index is -1.27. The molecule has 8 N–H and O–H groups in total. The van der Waals surface area contributed by atoms with E-state index in [9.17, 15) is 19.5 Å². The van der Waals surface area contributed by atoms with Crippen molar-refractivity contribution in [3.05, 3.63) is 53.6 Å². The summed E-state index contributed by atoms with van der Waals surface area (Å²) < 4.78 is 7.87. The van der Waals surface area contributed by atoms with Crippen molar-refractivity contribution in [3.8, 4) is 0 Å². The van der Waals surface area contributed by atoms with E-state index in [2.05, 4.69) is 66.3 Å². The van der Waals surface area contributed by atoms with Crippen LogP contribution in [0.3, 0.4) is 0 Å². The predicted octanol–water partition coefficient (Wildman–Crippen LogP) is 2.74. The number of rotatable bonds is 19. The zero-order valence-electron chi connectivity index (χ0n) is 29.5. The maximum Gasteiger partial charge on any atom is 0.326 e. The summed E-state index contributed by atoms with van der Waals surface area (Å²) in [4.78, 5) is 53.9. The molecule has 4 aromatic rings. The second-order valence-corrected chi connectivity index (χ2v) is 14.2. The van der Waals surface area contributed by atoms with Crippen LogP contribution in [-0.4, -0.2) is 88.1 Å². The standard InChI is InChI=1S/C33H46N12O5S/c1-32(2,12-14-50-33(3,4)13-15-51-5)45-19-23(43-44-45)18-37-25(46)11-10-24(30(48)49)40-29(47)20-6-8-21(9-7-20)36-16-22-17-38-28-26(39-22)27(34)41-31(35)42-28/h6-9,17,19,24,36H,10-16,18H2,1-5H3,(H,37,46)(H,40,47)(H,48,49)(H4,34,35,38,41,42). The zero-order chi connectivity index (χ0) is 37.2.